The Bertz CT molecular complexity index is 931. The first-order valence-corrected chi connectivity index (χ1v) is 11.5. The van der Waals surface area contributed by atoms with Gasteiger partial charge in [0.05, 0.1) is 10.4 Å². The smallest absolute Gasteiger partial charge is 0.209 e. The zero-order chi connectivity index (χ0) is 19.7. The van der Waals surface area contributed by atoms with Crippen LogP contribution in [0.3, 0.4) is 0 Å². The Morgan fingerprint density at radius 1 is 1.18 bits per heavy atom. The highest BCUT2D eigenvalue weighted by Crippen LogP contribution is 2.42. The number of allylic oxidation sites excluding steroid dienone is 1. The van der Waals surface area contributed by atoms with Crippen LogP contribution in [0.5, 0.6) is 0 Å². The second kappa shape index (κ2) is 7.96. The summed E-state index contributed by atoms with van der Waals surface area (Å²) in [5, 5.41) is 2.20. The largest absolute Gasteiger partial charge is 0.361 e. The zero-order valence-corrected chi connectivity index (χ0v) is 18.5. The van der Waals surface area contributed by atoms with Gasteiger partial charge in [-0.15, -0.1) is 11.8 Å². The molecule has 1 saturated heterocycles. The Labute approximate surface area is 177 Å². The maximum Gasteiger partial charge on any atom is 0.209 e. The summed E-state index contributed by atoms with van der Waals surface area (Å²) in [6, 6.07) is 17.1. The van der Waals surface area contributed by atoms with Crippen molar-refractivity contribution in [3.05, 3.63) is 75.8 Å². The predicted molar refractivity (Wildman–Crippen MR) is 122 cm³/mol. The number of hydrogen-bond donors (Lipinski definition) is 0. The van der Waals surface area contributed by atoms with Gasteiger partial charge in [-0.2, -0.15) is 4.58 Å². The lowest BCUT2D eigenvalue weighted by Crippen LogP contribution is -2.29. The molecule has 0 radical (unpaired) electrons. The molecule has 0 aliphatic carbocycles. The van der Waals surface area contributed by atoms with E-state index >= 15 is 0 Å². The summed E-state index contributed by atoms with van der Waals surface area (Å²) < 4.78 is 2.50. The molecule has 0 saturated carbocycles. The SMILES string of the molecule is CCC[N+]1=C(/C=C2\SCCN2Cc2ccccc2)C(C)(C)c2cc(Cl)ccc21. The quantitative estimate of drug-likeness (QED) is 0.539. The Morgan fingerprint density at radius 2 is 1.96 bits per heavy atom. The standard InChI is InChI=1S/C24H28ClN2S/c1-4-12-27-21-11-10-19(25)15-20(21)24(2,3)22(27)16-23-26(13-14-28-23)17-18-8-6-5-7-9-18/h5-11,15-16H,4,12-14,17H2,1-3H3/q+1. The van der Waals surface area contributed by atoms with E-state index in [1.165, 1.54) is 27.6 Å². The number of benzene rings is 2. The molecule has 0 unspecified atom stereocenters. The fourth-order valence-electron chi connectivity index (χ4n) is 4.24. The molecule has 0 N–H and O–H groups in total. The number of halogens is 1. The van der Waals surface area contributed by atoms with Crippen molar-refractivity contribution in [2.75, 3.05) is 18.8 Å². The Morgan fingerprint density at radius 3 is 2.71 bits per heavy atom. The molecule has 4 rings (SSSR count). The van der Waals surface area contributed by atoms with Crippen LogP contribution in [0.1, 0.15) is 38.3 Å². The fourth-order valence-corrected chi connectivity index (χ4v) is 5.47. The summed E-state index contributed by atoms with van der Waals surface area (Å²) >= 11 is 8.32. The van der Waals surface area contributed by atoms with E-state index < -0.39 is 0 Å². The van der Waals surface area contributed by atoms with Crippen LogP contribution in [0.15, 0.2) is 59.6 Å². The fraction of sp³-hybridized carbons (Fsp3) is 0.375. The lowest BCUT2D eigenvalue weighted by Gasteiger charge is -2.21. The molecule has 2 aliphatic rings. The third-order valence-corrected chi connectivity index (χ3v) is 6.99. The van der Waals surface area contributed by atoms with E-state index in [0.717, 1.165) is 36.8 Å². The summed E-state index contributed by atoms with van der Waals surface area (Å²) in [5.41, 5.74) is 5.34. The van der Waals surface area contributed by atoms with Gasteiger partial charge in [-0.25, -0.2) is 0 Å². The minimum Gasteiger partial charge on any atom is -0.361 e. The molecule has 28 heavy (non-hydrogen) atoms. The average molecular weight is 412 g/mol. The third kappa shape index (κ3) is 3.62. The number of nitrogens with zero attached hydrogens (tertiary/aromatic N) is 2. The lowest BCUT2D eigenvalue weighted by molar-refractivity contribution is -0.437. The first-order valence-electron chi connectivity index (χ1n) is 10.1. The first kappa shape index (κ1) is 19.6. The molecular weight excluding hydrogens is 384 g/mol. The van der Waals surface area contributed by atoms with E-state index in [2.05, 4.69) is 78.8 Å². The lowest BCUT2D eigenvalue weighted by atomic mass is 9.81. The van der Waals surface area contributed by atoms with Crippen molar-refractivity contribution in [1.82, 2.24) is 4.90 Å². The molecule has 2 aliphatic heterocycles. The molecule has 2 nitrogen and oxygen atoms in total. The van der Waals surface area contributed by atoms with E-state index in [9.17, 15) is 0 Å². The van der Waals surface area contributed by atoms with Crippen LogP contribution in [0.2, 0.25) is 5.02 Å². The zero-order valence-electron chi connectivity index (χ0n) is 16.9. The summed E-state index contributed by atoms with van der Waals surface area (Å²) in [7, 11) is 0. The van der Waals surface area contributed by atoms with Crippen molar-refractivity contribution in [2.24, 2.45) is 0 Å². The Kier molecular flexibility index (Phi) is 5.57. The number of rotatable bonds is 5. The highest BCUT2D eigenvalue weighted by Gasteiger charge is 2.45. The normalized spacial score (nSPS) is 19.6. The van der Waals surface area contributed by atoms with Gasteiger partial charge in [0, 0.05) is 48.0 Å². The van der Waals surface area contributed by atoms with Crippen molar-refractivity contribution >= 4 is 34.8 Å². The summed E-state index contributed by atoms with van der Waals surface area (Å²) in [5.74, 6) is 1.15. The average Bonchev–Trinajstić information content (AvgIpc) is 3.19. The first-order chi connectivity index (χ1) is 13.5. The molecule has 0 atom stereocenters. The highest BCUT2D eigenvalue weighted by molar-refractivity contribution is 8.03. The molecule has 4 heteroatoms. The molecule has 2 heterocycles. The molecule has 2 aromatic carbocycles. The van der Waals surface area contributed by atoms with Gasteiger partial charge >= 0.3 is 0 Å². The minimum atomic E-state index is -0.0516. The van der Waals surface area contributed by atoms with Gasteiger partial charge in [0.2, 0.25) is 5.69 Å². The predicted octanol–water partition coefficient (Wildman–Crippen LogP) is 6.22. The maximum absolute atomic E-state index is 6.35. The van der Waals surface area contributed by atoms with Crippen LogP contribution in [-0.2, 0) is 12.0 Å². The van der Waals surface area contributed by atoms with E-state index in [1.54, 1.807) is 0 Å². The van der Waals surface area contributed by atoms with E-state index in [-0.39, 0.29) is 5.41 Å². The molecule has 146 valence electrons. The summed E-state index contributed by atoms with van der Waals surface area (Å²) in [6.07, 6.45) is 3.55. The number of thioether (sulfide) groups is 1. The van der Waals surface area contributed by atoms with Crippen LogP contribution >= 0.6 is 23.4 Å². The minimum absolute atomic E-state index is 0.0516. The molecule has 0 bridgehead atoms. The Hall–Kier alpha value is -1.71. The molecular formula is C24H28ClN2S+. The van der Waals surface area contributed by atoms with Crippen molar-refractivity contribution in [2.45, 2.75) is 39.2 Å². The second-order valence-electron chi connectivity index (χ2n) is 8.06. The van der Waals surface area contributed by atoms with Crippen LogP contribution in [0.4, 0.5) is 5.69 Å². The summed E-state index contributed by atoms with van der Waals surface area (Å²) in [4.78, 5) is 2.52. The van der Waals surface area contributed by atoms with Gasteiger partial charge < -0.3 is 4.90 Å². The van der Waals surface area contributed by atoms with Gasteiger partial charge in [0.1, 0.15) is 6.54 Å². The van der Waals surface area contributed by atoms with Crippen LogP contribution in [0, 0.1) is 0 Å². The molecule has 1 fully saturated rings. The number of fused-ring (bicyclic) bond motifs is 1. The van der Waals surface area contributed by atoms with Gasteiger partial charge in [0.25, 0.3) is 0 Å². The van der Waals surface area contributed by atoms with Crippen molar-refractivity contribution < 1.29 is 4.58 Å². The van der Waals surface area contributed by atoms with Crippen LogP contribution in [-0.4, -0.2) is 34.0 Å². The molecule has 2 aromatic rings. The Balaban J connectivity index is 1.72. The second-order valence-corrected chi connectivity index (χ2v) is 9.61. The topological polar surface area (TPSA) is 6.25 Å². The maximum atomic E-state index is 6.35. The van der Waals surface area contributed by atoms with Gasteiger partial charge in [-0.1, -0.05) is 48.9 Å². The van der Waals surface area contributed by atoms with Gasteiger partial charge in [-0.3, -0.25) is 0 Å². The molecule has 0 amide bonds. The van der Waals surface area contributed by atoms with Crippen molar-refractivity contribution in [1.29, 1.82) is 0 Å². The molecule has 0 aromatic heterocycles. The third-order valence-electron chi connectivity index (χ3n) is 5.70. The van der Waals surface area contributed by atoms with Gasteiger partial charge in [0.15, 0.2) is 5.71 Å². The van der Waals surface area contributed by atoms with Crippen molar-refractivity contribution in [3.8, 4) is 0 Å². The van der Waals surface area contributed by atoms with E-state index in [4.69, 9.17) is 11.6 Å². The molecule has 0 spiro atoms. The number of hydrogen-bond acceptors (Lipinski definition) is 2. The highest BCUT2D eigenvalue weighted by atomic mass is 35.5. The van der Waals surface area contributed by atoms with Gasteiger partial charge in [-0.05, 0) is 31.5 Å². The van der Waals surface area contributed by atoms with Crippen molar-refractivity contribution in [3.63, 3.8) is 0 Å². The van der Waals surface area contributed by atoms with Crippen LogP contribution < -0.4 is 0 Å². The summed E-state index contributed by atoms with van der Waals surface area (Å²) in [6.45, 7) is 10.0. The van der Waals surface area contributed by atoms with Crippen LogP contribution in [0.25, 0.3) is 0 Å². The van der Waals surface area contributed by atoms with E-state index in [1.807, 2.05) is 17.8 Å². The van der Waals surface area contributed by atoms with E-state index in [0.29, 0.717) is 0 Å². The monoisotopic (exact) mass is 411 g/mol.